The Balaban J connectivity index is 1.51. The number of nitrogens with one attached hydrogen (secondary N) is 1. The summed E-state index contributed by atoms with van der Waals surface area (Å²) in [5, 5.41) is 2.94. The predicted octanol–water partition coefficient (Wildman–Crippen LogP) is 5.22. The van der Waals surface area contributed by atoms with Crippen molar-refractivity contribution in [2.45, 2.75) is 20.0 Å². The molecule has 5 heteroatoms. The first-order valence-electron chi connectivity index (χ1n) is 9.19. The van der Waals surface area contributed by atoms with E-state index in [0.717, 1.165) is 23.3 Å². The van der Waals surface area contributed by atoms with E-state index in [-0.39, 0.29) is 5.91 Å². The number of hydrogen-bond acceptors (Lipinski definition) is 4. The van der Waals surface area contributed by atoms with Crippen molar-refractivity contribution < 1.29 is 13.9 Å². The molecule has 0 atom stereocenters. The van der Waals surface area contributed by atoms with Crippen molar-refractivity contribution in [1.82, 2.24) is 4.98 Å². The lowest BCUT2D eigenvalue weighted by molar-refractivity contribution is 0.102. The van der Waals surface area contributed by atoms with Crippen LogP contribution in [0.15, 0.2) is 77.2 Å². The zero-order valence-electron chi connectivity index (χ0n) is 15.5. The number of carbonyl (C=O) groups excluding carboxylic acids is 1. The number of aryl methyl sites for hydroxylation is 1. The molecule has 0 aliphatic heterocycles. The van der Waals surface area contributed by atoms with Crippen LogP contribution in [0.5, 0.6) is 5.75 Å². The van der Waals surface area contributed by atoms with Gasteiger partial charge in [-0.2, -0.15) is 0 Å². The quantitative estimate of drug-likeness (QED) is 0.504. The number of aromatic nitrogens is 1. The molecule has 140 valence electrons. The van der Waals surface area contributed by atoms with Crippen LogP contribution in [0, 0.1) is 0 Å². The normalized spacial score (nSPS) is 10.8. The van der Waals surface area contributed by atoms with Crippen LogP contribution in [-0.4, -0.2) is 10.9 Å². The number of fused-ring (bicyclic) bond motifs is 1. The Kier molecular flexibility index (Phi) is 5.06. The third-order valence-corrected chi connectivity index (χ3v) is 4.39. The van der Waals surface area contributed by atoms with Gasteiger partial charge in [-0.25, -0.2) is 4.98 Å². The van der Waals surface area contributed by atoms with Gasteiger partial charge in [0.1, 0.15) is 17.9 Å². The monoisotopic (exact) mass is 372 g/mol. The molecule has 1 N–H and O–H groups in total. The van der Waals surface area contributed by atoms with Crippen molar-refractivity contribution in [2.24, 2.45) is 0 Å². The minimum absolute atomic E-state index is 0.189. The van der Waals surface area contributed by atoms with Gasteiger partial charge in [0.15, 0.2) is 11.5 Å². The van der Waals surface area contributed by atoms with E-state index in [2.05, 4.69) is 10.3 Å². The number of ether oxygens (including phenoxy) is 1. The number of oxazole rings is 1. The fourth-order valence-electron chi connectivity index (χ4n) is 2.95. The highest BCUT2D eigenvalue weighted by molar-refractivity contribution is 6.05. The Hall–Kier alpha value is -3.60. The molecule has 5 nitrogen and oxygen atoms in total. The molecular weight excluding hydrogens is 352 g/mol. The van der Waals surface area contributed by atoms with Gasteiger partial charge >= 0.3 is 0 Å². The van der Waals surface area contributed by atoms with Crippen LogP contribution in [0.2, 0.25) is 0 Å². The molecule has 0 aliphatic carbocycles. The second-order valence-electron chi connectivity index (χ2n) is 6.36. The smallest absolute Gasteiger partial charge is 0.256 e. The number of amides is 1. The second kappa shape index (κ2) is 7.96. The third-order valence-electron chi connectivity index (χ3n) is 4.39. The summed E-state index contributed by atoms with van der Waals surface area (Å²) >= 11 is 0. The molecule has 1 heterocycles. The number of carbonyl (C=O) groups is 1. The summed E-state index contributed by atoms with van der Waals surface area (Å²) in [6, 6.07) is 22.4. The maximum absolute atomic E-state index is 12.8. The zero-order chi connectivity index (χ0) is 19.3. The molecule has 0 unspecified atom stereocenters. The van der Waals surface area contributed by atoms with Crippen LogP contribution in [-0.2, 0) is 13.0 Å². The van der Waals surface area contributed by atoms with Crippen molar-refractivity contribution in [3.63, 3.8) is 0 Å². The summed E-state index contributed by atoms with van der Waals surface area (Å²) in [5.41, 5.74) is 3.52. The van der Waals surface area contributed by atoms with Crippen LogP contribution >= 0.6 is 0 Å². The lowest BCUT2D eigenvalue weighted by Crippen LogP contribution is -2.15. The van der Waals surface area contributed by atoms with E-state index in [0.29, 0.717) is 29.3 Å². The number of para-hydroxylation sites is 1. The Labute approximate surface area is 163 Å². The number of rotatable bonds is 6. The predicted molar refractivity (Wildman–Crippen MR) is 109 cm³/mol. The van der Waals surface area contributed by atoms with Gasteiger partial charge in [0.2, 0.25) is 0 Å². The fraction of sp³-hybridized carbons (Fsp3) is 0.130. The van der Waals surface area contributed by atoms with Crippen LogP contribution in [0.4, 0.5) is 5.69 Å². The molecule has 0 aliphatic rings. The molecule has 0 fully saturated rings. The first-order valence-corrected chi connectivity index (χ1v) is 9.19. The highest BCUT2D eigenvalue weighted by atomic mass is 16.5. The second-order valence-corrected chi connectivity index (χ2v) is 6.36. The molecule has 0 radical (unpaired) electrons. The average molecular weight is 372 g/mol. The highest BCUT2D eigenvalue weighted by Crippen LogP contribution is 2.22. The Morgan fingerprint density at radius 1 is 1.04 bits per heavy atom. The highest BCUT2D eigenvalue weighted by Gasteiger charge is 2.13. The fourth-order valence-corrected chi connectivity index (χ4v) is 2.95. The Morgan fingerprint density at radius 3 is 2.64 bits per heavy atom. The minimum atomic E-state index is -0.189. The topological polar surface area (TPSA) is 64.4 Å². The molecule has 0 spiro atoms. The van der Waals surface area contributed by atoms with Gasteiger partial charge in [0.25, 0.3) is 5.91 Å². The molecule has 0 saturated heterocycles. The molecule has 0 saturated carbocycles. The van der Waals surface area contributed by atoms with E-state index in [1.54, 1.807) is 6.07 Å². The van der Waals surface area contributed by atoms with Crippen molar-refractivity contribution in [3.8, 4) is 5.75 Å². The lowest BCUT2D eigenvalue weighted by Gasteiger charge is -2.11. The zero-order valence-corrected chi connectivity index (χ0v) is 15.5. The average Bonchev–Trinajstić information content (AvgIpc) is 3.16. The van der Waals surface area contributed by atoms with Crippen molar-refractivity contribution in [1.29, 1.82) is 0 Å². The van der Waals surface area contributed by atoms with E-state index < -0.39 is 0 Å². The number of anilines is 1. The third kappa shape index (κ3) is 3.88. The molecule has 0 bridgehead atoms. The van der Waals surface area contributed by atoms with Gasteiger partial charge in [-0.15, -0.1) is 0 Å². The Bertz CT molecular complexity index is 1100. The summed E-state index contributed by atoms with van der Waals surface area (Å²) in [5.74, 6) is 1.26. The molecule has 4 rings (SSSR count). The van der Waals surface area contributed by atoms with E-state index in [4.69, 9.17) is 9.15 Å². The van der Waals surface area contributed by atoms with E-state index >= 15 is 0 Å². The lowest BCUT2D eigenvalue weighted by atomic mass is 10.1. The van der Waals surface area contributed by atoms with Crippen LogP contribution in [0.25, 0.3) is 11.1 Å². The van der Waals surface area contributed by atoms with Crippen LogP contribution < -0.4 is 10.1 Å². The van der Waals surface area contributed by atoms with Crippen LogP contribution in [0.3, 0.4) is 0 Å². The maximum atomic E-state index is 12.8. The van der Waals surface area contributed by atoms with Crippen molar-refractivity contribution >= 4 is 22.7 Å². The molecular formula is C23H20N2O3. The summed E-state index contributed by atoms with van der Waals surface area (Å²) in [4.78, 5) is 17.2. The molecule has 1 amide bonds. The van der Waals surface area contributed by atoms with Crippen molar-refractivity contribution in [3.05, 3.63) is 89.8 Å². The first kappa shape index (κ1) is 17.8. The van der Waals surface area contributed by atoms with Gasteiger partial charge in [0, 0.05) is 23.2 Å². The summed E-state index contributed by atoms with van der Waals surface area (Å²) < 4.78 is 11.4. The van der Waals surface area contributed by atoms with E-state index in [9.17, 15) is 4.79 Å². The molecule has 1 aromatic heterocycles. The standard InChI is InChI=1S/C23H20N2O3/c1-2-22-25-20-14-17(12-13-21(20)28-22)24-23(26)19-11-7-6-8-16(19)15-27-18-9-4-3-5-10-18/h3-14H,2,15H2,1H3,(H,24,26). The summed E-state index contributed by atoms with van der Waals surface area (Å²) in [6.45, 7) is 2.30. The van der Waals surface area contributed by atoms with Gasteiger partial charge in [-0.05, 0) is 36.4 Å². The first-order chi connectivity index (χ1) is 13.7. The van der Waals surface area contributed by atoms with Crippen molar-refractivity contribution in [2.75, 3.05) is 5.32 Å². The van der Waals surface area contributed by atoms with E-state index in [1.165, 1.54) is 0 Å². The van der Waals surface area contributed by atoms with E-state index in [1.807, 2.05) is 73.7 Å². The number of hydrogen-bond donors (Lipinski definition) is 1. The van der Waals surface area contributed by atoms with Gasteiger partial charge in [-0.3, -0.25) is 4.79 Å². The summed E-state index contributed by atoms with van der Waals surface area (Å²) in [7, 11) is 0. The number of nitrogens with zero attached hydrogens (tertiary/aromatic N) is 1. The minimum Gasteiger partial charge on any atom is -0.489 e. The molecule has 28 heavy (non-hydrogen) atoms. The van der Waals surface area contributed by atoms with Crippen LogP contribution in [0.1, 0.15) is 28.7 Å². The van der Waals surface area contributed by atoms with Gasteiger partial charge in [0.05, 0.1) is 0 Å². The maximum Gasteiger partial charge on any atom is 0.256 e. The number of benzene rings is 3. The SMILES string of the molecule is CCc1nc2cc(NC(=O)c3ccccc3COc3ccccc3)ccc2o1. The molecule has 3 aromatic carbocycles. The van der Waals surface area contributed by atoms with Gasteiger partial charge in [-0.1, -0.05) is 43.3 Å². The molecule has 4 aromatic rings. The summed E-state index contributed by atoms with van der Waals surface area (Å²) in [6.07, 6.45) is 0.727. The Morgan fingerprint density at radius 2 is 1.82 bits per heavy atom. The largest absolute Gasteiger partial charge is 0.489 e. The van der Waals surface area contributed by atoms with Gasteiger partial charge < -0.3 is 14.5 Å².